The first-order valence-corrected chi connectivity index (χ1v) is 7.89. The van der Waals surface area contributed by atoms with Crippen LogP contribution in [-0.2, 0) is 0 Å². The van der Waals surface area contributed by atoms with Gasteiger partial charge in [0, 0.05) is 10.5 Å². The third-order valence-corrected chi connectivity index (χ3v) is 4.91. The van der Waals surface area contributed by atoms with Crippen molar-refractivity contribution < 1.29 is 9.47 Å². The number of benzene rings is 2. The SMILES string of the molecule is CNC1c2ccccc2OCC1Sc1cccc(OC)c1. The minimum absolute atomic E-state index is 0.283. The quantitative estimate of drug-likeness (QED) is 0.936. The Labute approximate surface area is 129 Å². The molecule has 3 nitrogen and oxygen atoms in total. The Kier molecular flexibility index (Phi) is 4.36. The van der Waals surface area contributed by atoms with Crippen molar-refractivity contribution in [2.24, 2.45) is 0 Å². The zero-order valence-corrected chi connectivity index (χ0v) is 13.0. The van der Waals surface area contributed by atoms with E-state index in [-0.39, 0.29) is 6.04 Å². The maximum atomic E-state index is 5.90. The summed E-state index contributed by atoms with van der Waals surface area (Å²) in [5, 5.41) is 3.76. The number of methoxy groups -OCH3 is 1. The fourth-order valence-electron chi connectivity index (χ4n) is 2.63. The van der Waals surface area contributed by atoms with Gasteiger partial charge < -0.3 is 14.8 Å². The average Bonchev–Trinajstić information content (AvgIpc) is 2.55. The summed E-state index contributed by atoms with van der Waals surface area (Å²) in [5.41, 5.74) is 1.23. The minimum Gasteiger partial charge on any atom is -0.497 e. The van der Waals surface area contributed by atoms with E-state index in [1.54, 1.807) is 7.11 Å². The average molecular weight is 301 g/mol. The van der Waals surface area contributed by atoms with E-state index in [0.29, 0.717) is 11.9 Å². The maximum absolute atomic E-state index is 5.90. The summed E-state index contributed by atoms with van der Waals surface area (Å²) >= 11 is 1.82. The number of para-hydroxylation sites is 1. The zero-order valence-electron chi connectivity index (χ0n) is 12.2. The van der Waals surface area contributed by atoms with Crippen LogP contribution in [0.1, 0.15) is 11.6 Å². The number of hydrogen-bond donors (Lipinski definition) is 1. The van der Waals surface area contributed by atoms with Crippen LogP contribution in [0.4, 0.5) is 0 Å². The second kappa shape index (κ2) is 6.41. The molecule has 1 aliphatic rings. The Hall–Kier alpha value is -1.65. The van der Waals surface area contributed by atoms with Gasteiger partial charge in [0.1, 0.15) is 18.1 Å². The van der Waals surface area contributed by atoms with E-state index in [0.717, 1.165) is 11.5 Å². The molecule has 1 heterocycles. The summed E-state index contributed by atoms with van der Waals surface area (Å²) in [5.74, 6) is 1.87. The van der Waals surface area contributed by atoms with Gasteiger partial charge in [-0.15, -0.1) is 11.8 Å². The fraction of sp³-hybridized carbons (Fsp3) is 0.294. The monoisotopic (exact) mass is 301 g/mol. The zero-order chi connectivity index (χ0) is 14.7. The molecule has 0 amide bonds. The van der Waals surface area contributed by atoms with Crippen molar-refractivity contribution in [2.75, 3.05) is 20.8 Å². The van der Waals surface area contributed by atoms with Gasteiger partial charge >= 0.3 is 0 Å². The molecule has 3 rings (SSSR count). The number of nitrogens with one attached hydrogen (secondary N) is 1. The Balaban J connectivity index is 1.82. The highest BCUT2D eigenvalue weighted by Gasteiger charge is 2.30. The Morgan fingerprint density at radius 2 is 2.05 bits per heavy atom. The van der Waals surface area contributed by atoms with E-state index in [1.807, 2.05) is 43.1 Å². The van der Waals surface area contributed by atoms with Crippen LogP contribution in [0.2, 0.25) is 0 Å². The Morgan fingerprint density at radius 1 is 1.19 bits per heavy atom. The van der Waals surface area contributed by atoms with Crippen LogP contribution in [0, 0.1) is 0 Å². The van der Waals surface area contributed by atoms with Gasteiger partial charge in [-0.2, -0.15) is 0 Å². The van der Waals surface area contributed by atoms with Gasteiger partial charge in [-0.3, -0.25) is 0 Å². The van der Waals surface area contributed by atoms with Gasteiger partial charge in [0.2, 0.25) is 0 Å². The molecule has 0 saturated carbocycles. The van der Waals surface area contributed by atoms with Crippen molar-refractivity contribution in [1.82, 2.24) is 5.32 Å². The summed E-state index contributed by atoms with van der Waals surface area (Å²) in [6.45, 7) is 0.699. The fourth-order valence-corrected chi connectivity index (χ4v) is 3.88. The molecule has 0 radical (unpaired) electrons. The molecule has 0 spiro atoms. The lowest BCUT2D eigenvalue weighted by Gasteiger charge is -2.33. The Morgan fingerprint density at radius 3 is 2.86 bits per heavy atom. The molecule has 0 fully saturated rings. The van der Waals surface area contributed by atoms with Gasteiger partial charge in [0.15, 0.2) is 0 Å². The lowest BCUT2D eigenvalue weighted by molar-refractivity contribution is 0.265. The Bertz CT molecular complexity index is 617. The summed E-state index contributed by atoms with van der Waals surface area (Å²) in [6.07, 6.45) is 0. The summed E-state index contributed by atoms with van der Waals surface area (Å²) in [7, 11) is 3.70. The van der Waals surface area contributed by atoms with Crippen LogP contribution in [0.15, 0.2) is 53.4 Å². The summed E-state index contributed by atoms with van der Waals surface area (Å²) < 4.78 is 11.2. The van der Waals surface area contributed by atoms with E-state index in [9.17, 15) is 0 Å². The predicted molar refractivity (Wildman–Crippen MR) is 86.4 cm³/mol. The topological polar surface area (TPSA) is 30.5 Å². The molecule has 110 valence electrons. The van der Waals surface area contributed by atoms with Crippen LogP contribution in [-0.4, -0.2) is 26.0 Å². The molecule has 21 heavy (non-hydrogen) atoms. The van der Waals surface area contributed by atoms with Gasteiger partial charge in [-0.05, 0) is 31.3 Å². The smallest absolute Gasteiger partial charge is 0.124 e. The molecule has 1 N–H and O–H groups in total. The van der Waals surface area contributed by atoms with Crippen molar-refractivity contribution in [3.8, 4) is 11.5 Å². The van der Waals surface area contributed by atoms with Crippen molar-refractivity contribution in [2.45, 2.75) is 16.2 Å². The largest absolute Gasteiger partial charge is 0.497 e. The molecule has 4 heteroatoms. The van der Waals surface area contributed by atoms with Gasteiger partial charge in [0.25, 0.3) is 0 Å². The maximum Gasteiger partial charge on any atom is 0.124 e. The molecule has 0 aromatic heterocycles. The van der Waals surface area contributed by atoms with Crippen molar-refractivity contribution in [3.63, 3.8) is 0 Å². The van der Waals surface area contributed by atoms with Crippen LogP contribution >= 0.6 is 11.8 Å². The van der Waals surface area contributed by atoms with Gasteiger partial charge in [-0.1, -0.05) is 24.3 Å². The number of fused-ring (bicyclic) bond motifs is 1. The van der Waals surface area contributed by atoms with Gasteiger partial charge in [0.05, 0.1) is 18.4 Å². The molecule has 2 aromatic rings. The third kappa shape index (κ3) is 3.01. The summed E-state index contributed by atoms with van der Waals surface area (Å²) in [4.78, 5) is 1.20. The van der Waals surface area contributed by atoms with Gasteiger partial charge in [-0.25, -0.2) is 0 Å². The third-order valence-electron chi connectivity index (χ3n) is 3.67. The molecular weight excluding hydrogens is 282 g/mol. The molecule has 2 unspecified atom stereocenters. The molecule has 2 aromatic carbocycles. The highest BCUT2D eigenvalue weighted by Crippen LogP contribution is 2.40. The van der Waals surface area contributed by atoms with Crippen molar-refractivity contribution in [3.05, 3.63) is 54.1 Å². The lowest BCUT2D eigenvalue weighted by atomic mass is 10.0. The van der Waals surface area contributed by atoms with E-state index in [1.165, 1.54) is 10.5 Å². The molecule has 1 aliphatic heterocycles. The first-order chi connectivity index (χ1) is 10.3. The van der Waals surface area contributed by atoms with Crippen LogP contribution in [0.3, 0.4) is 0 Å². The summed E-state index contributed by atoms with van der Waals surface area (Å²) in [6, 6.07) is 16.7. The predicted octanol–water partition coefficient (Wildman–Crippen LogP) is 3.51. The first-order valence-electron chi connectivity index (χ1n) is 7.01. The van der Waals surface area contributed by atoms with Crippen LogP contribution in [0.25, 0.3) is 0 Å². The van der Waals surface area contributed by atoms with E-state index in [2.05, 4.69) is 29.6 Å². The number of rotatable bonds is 4. The van der Waals surface area contributed by atoms with Crippen molar-refractivity contribution >= 4 is 11.8 Å². The van der Waals surface area contributed by atoms with E-state index < -0.39 is 0 Å². The molecule has 0 aliphatic carbocycles. The highest BCUT2D eigenvalue weighted by molar-refractivity contribution is 8.00. The molecular formula is C17H19NO2S. The van der Waals surface area contributed by atoms with E-state index in [4.69, 9.17) is 9.47 Å². The number of ether oxygens (including phenoxy) is 2. The highest BCUT2D eigenvalue weighted by atomic mass is 32.2. The minimum atomic E-state index is 0.283. The first kappa shape index (κ1) is 14.3. The van der Waals surface area contributed by atoms with Crippen LogP contribution < -0.4 is 14.8 Å². The molecule has 0 saturated heterocycles. The normalized spacial score (nSPS) is 20.5. The van der Waals surface area contributed by atoms with Crippen molar-refractivity contribution in [1.29, 1.82) is 0 Å². The number of thioether (sulfide) groups is 1. The standard InChI is InChI=1S/C17H19NO2S/c1-18-17-14-8-3-4-9-15(14)20-11-16(17)21-13-7-5-6-12(10-13)19-2/h3-10,16-18H,11H2,1-2H3. The number of hydrogen-bond acceptors (Lipinski definition) is 4. The van der Waals surface area contributed by atoms with E-state index >= 15 is 0 Å². The lowest BCUT2D eigenvalue weighted by Crippen LogP contribution is -2.35. The van der Waals surface area contributed by atoms with Crippen LogP contribution in [0.5, 0.6) is 11.5 Å². The molecule has 0 bridgehead atoms. The second-order valence-electron chi connectivity index (χ2n) is 4.95. The second-order valence-corrected chi connectivity index (χ2v) is 6.26. The molecule has 2 atom stereocenters.